The second-order valence-electron chi connectivity index (χ2n) is 13.3. The highest BCUT2D eigenvalue weighted by Crippen LogP contribution is 2.20. The second kappa shape index (κ2) is 19.0. The molecule has 1 heterocycles. The number of imidazole rings is 1. The average Bonchev–Trinajstić information content (AvgIpc) is 3.69. The third-order valence-corrected chi connectivity index (χ3v) is 8.74. The zero-order valence-electron chi connectivity index (χ0n) is 29.8. The summed E-state index contributed by atoms with van der Waals surface area (Å²) in [6, 6.07) is 28.6. The Bertz CT molecular complexity index is 1930. The van der Waals surface area contributed by atoms with E-state index in [0.29, 0.717) is 5.69 Å². The largest absolute Gasteiger partial charge is 0.445 e. The van der Waals surface area contributed by atoms with Crippen LogP contribution < -0.4 is 21.3 Å². The van der Waals surface area contributed by atoms with Crippen LogP contribution >= 0.6 is 0 Å². The van der Waals surface area contributed by atoms with Crippen molar-refractivity contribution in [2.45, 2.75) is 70.5 Å². The standard InChI is InChI=1S/C41H46N6O6/c1-27(2)20-34(37(48)40(51)43-23-28-12-5-3-6-13-28)45-39(50)36(22-32-24-42-26-44-32)46-38(49)35(47-41(52)53-25-29-14-7-4-8-15-29)21-31-18-11-17-30-16-9-10-19-33(30)31/h3-19,24,26-27,34-37,48H,20-23,25H2,1-2H3,(H,42,44)(H,43,51)(H,45,50)(H,46,49)(H,47,52)/t34?,35-,36+,37?/m1/s1. The lowest BCUT2D eigenvalue weighted by Crippen LogP contribution is -2.58. The van der Waals surface area contributed by atoms with Crippen LogP contribution in [0, 0.1) is 5.92 Å². The zero-order valence-corrected chi connectivity index (χ0v) is 29.8. The molecule has 0 aliphatic carbocycles. The molecule has 0 bridgehead atoms. The Morgan fingerprint density at radius 2 is 1.38 bits per heavy atom. The van der Waals surface area contributed by atoms with E-state index >= 15 is 0 Å². The first kappa shape index (κ1) is 38.2. The van der Waals surface area contributed by atoms with Crippen LogP contribution in [-0.2, 0) is 45.1 Å². The van der Waals surface area contributed by atoms with Gasteiger partial charge in [-0.1, -0.05) is 117 Å². The lowest BCUT2D eigenvalue weighted by molar-refractivity contribution is -0.134. The van der Waals surface area contributed by atoms with E-state index in [1.807, 2.05) is 117 Å². The molecule has 5 aromatic rings. The molecule has 53 heavy (non-hydrogen) atoms. The Labute approximate surface area is 308 Å². The van der Waals surface area contributed by atoms with Gasteiger partial charge in [0.15, 0.2) is 6.10 Å². The van der Waals surface area contributed by atoms with Gasteiger partial charge in [-0.15, -0.1) is 0 Å². The van der Waals surface area contributed by atoms with Crippen molar-refractivity contribution in [3.63, 3.8) is 0 Å². The summed E-state index contributed by atoms with van der Waals surface area (Å²) in [7, 11) is 0. The van der Waals surface area contributed by atoms with E-state index in [9.17, 15) is 24.3 Å². The van der Waals surface area contributed by atoms with Crippen molar-refractivity contribution in [2.75, 3.05) is 0 Å². The summed E-state index contributed by atoms with van der Waals surface area (Å²) >= 11 is 0. The number of aromatic nitrogens is 2. The summed E-state index contributed by atoms with van der Waals surface area (Å²) in [5, 5.41) is 24.1. The van der Waals surface area contributed by atoms with E-state index in [0.717, 1.165) is 27.5 Å². The van der Waals surface area contributed by atoms with Crippen LogP contribution in [0.4, 0.5) is 4.79 Å². The number of hydrogen-bond donors (Lipinski definition) is 6. The Hall–Kier alpha value is -6.01. The average molecular weight is 719 g/mol. The van der Waals surface area contributed by atoms with Crippen LogP contribution in [0.5, 0.6) is 0 Å². The number of amides is 4. The molecule has 0 saturated carbocycles. The minimum absolute atomic E-state index is 0.00202. The number of fused-ring (bicyclic) bond motifs is 1. The van der Waals surface area contributed by atoms with Crippen LogP contribution in [0.1, 0.15) is 42.7 Å². The number of aliphatic hydroxyl groups excluding tert-OH is 1. The van der Waals surface area contributed by atoms with Crippen molar-refractivity contribution in [2.24, 2.45) is 5.92 Å². The van der Waals surface area contributed by atoms with Crippen LogP contribution in [0.25, 0.3) is 10.8 Å². The predicted octanol–water partition coefficient (Wildman–Crippen LogP) is 4.34. The lowest BCUT2D eigenvalue weighted by Gasteiger charge is -2.28. The molecular formula is C41H46N6O6. The number of hydrogen-bond acceptors (Lipinski definition) is 7. The van der Waals surface area contributed by atoms with Gasteiger partial charge in [0, 0.05) is 25.6 Å². The maximum absolute atomic E-state index is 14.2. The Balaban J connectivity index is 1.35. The van der Waals surface area contributed by atoms with E-state index in [4.69, 9.17) is 4.74 Å². The van der Waals surface area contributed by atoms with Crippen LogP contribution in [0.2, 0.25) is 0 Å². The SMILES string of the molecule is CC(C)CC(NC(=O)[C@H](Cc1c[nH]cn1)NC(=O)[C@@H](Cc1cccc2ccccc12)NC(=O)OCc1ccccc1)C(O)C(=O)NCc1ccccc1. The molecule has 0 saturated heterocycles. The van der Waals surface area contributed by atoms with Gasteiger partial charge in [0.25, 0.3) is 5.91 Å². The number of nitrogens with zero attached hydrogens (tertiary/aromatic N) is 1. The molecule has 0 spiro atoms. The Kier molecular flexibility index (Phi) is 13.7. The number of nitrogens with one attached hydrogen (secondary N) is 5. The third kappa shape index (κ3) is 11.5. The Morgan fingerprint density at radius 3 is 2.08 bits per heavy atom. The zero-order chi connectivity index (χ0) is 37.6. The summed E-state index contributed by atoms with van der Waals surface area (Å²) < 4.78 is 5.47. The fourth-order valence-corrected chi connectivity index (χ4v) is 6.03. The number of rotatable bonds is 17. The van der Waals surface area contributed by atoms with Gasteiger partial charge in [0.1, 0.15) is 18.7 Å². The summed E-state index contributed by atoms with van der Waals surface area (Å²) in [6.07, 6.45) is 1.08. The summed E-state index contributed by atoms with van der Waals surface area (Å²) in [5.41, 5.74) is 2.93. The first-order chi connectivity index (χ1) is 25.7. The molecule has 0 fully saturated rings. The Morgan fingerprint density at radius 1 is 0.736 bits per heavy atom. The maximum atomic E-state index is 14.2. The minimum Gasteiger partial charge on any atom is -0.445 e. The van der Waals surface area contributed by atoms with Gasteiger partial charge >= 0.3 is 6.09 Å². The van der Waals surface area contributed by atoms with Crippen molar-refractivity contribution in [1.82, 2.24) is 31.2 Å². The van der Waals surface area contributed by atoms with E-state index in [-0.39, 0.29) is 38.3 Å². The second-order valence-corrected chi connectivity index (χ2v) is 13.3. The first-order valence-corrected chi connectivity index (χ1v) is 17.7. The molecule has 6 N–H and O–H groups in total. The molecule has 2 unspecified atom stereocenters. The molecule has 0 aliphatic rings. The van der Waals surface area contributed by atoms with E-state index in [2.05, 4.69) is 31.2 Å². The lowest BCUT2D eigenvalue weighted by atomic mass is 9.97. The summed E-state index contributed by atoms with van der Waals surface area (Å²) in [6.45, 7) is 4.03. The first-order valence-electron chi connectivity index (χ1n) is 17.7. The molecule has 0 aliphatic heterocycles. The summed E-state index contributed by atoms with van der Waals surface area (Å²) in [5.74, 6) is -1.89. The maximum Gasteiger partial charge on any atom is 0.408 e. The summed E-state index contributed by atoms with van der Waals surface area (Å²) in [4.78, 5) is 61.5. The molecule has 12 heteroatoms. The predicted molar refractivity (Wildman–Crippen MR) is 201 cm³/mol. The van der Waals surface area contributed by atoms with Crippen molar-refractivity contribution in [3.8, 4) is 0 Å². The molecule has 4 atom stereocenters. The fraction of sp³-hybridized carbons (Fsp3) is 0.293. The monoisotopic (exact) mass is 718 g/mol. The molecular weight excluding hydrogens is 672 g/mol. The highest BCUT2D eigenvalue weighted by atomic mass is 16.5. The molecule has 4 amide bonds. The molecule has 4 aromatic carbocycles. The molecule has 5 rings (SSSR count). The molecule has 1 aromatic heterocycles. The number of ether oxygens (including phenoxy) is 1. The number of alkyl carbamates (subject to hydrolysis) is 1. The highest BCUT2D eigenvalue weighted by Gasteiger charge is 2.33. The highest BCUT2D eigenvalue weighted by molar-refractivity contribution is 5.93. The molecule has 12 nitrogen and oxygen atoms in total. The van der Waals surface area contributed by atoms with Gasteiger partial charge in [0.2, 0.25) is 11.8 Å². The number of carbonyl (C=O) groups is 4. The quantitative estimate of drug-likeness (QED) is 0.0830. The van der Waals surface area contributed by atoms with Crippen LogP contribution in [0.3, 0.4) is 0 Å². The van der Waals surface area contributed by atoms with Gasteiger partial charge in [-0.05, 0) is 39.8 Å². The smallest absolute Gasteiger partial charge is 0.408 e. The van der Waals surface area contributed by atoms with Crippen molar-refractivity contribution < 1.29 is 29.0 Å². The van der Waals surface area contributed by atoms with Crippen LogP contribution in [0.15, 0.2) is 116 Å². The molecule has 0 radical (unpaired) electrons. The van der Waals surface area contributed by atoms with E-state index in [1.54, 1.807) is 6.20 Å². The van der Waals surface area contributed by atoms with Gasteiger partial charge in [-0.25, -0.2) is 9.78 Å². The van der Waals surface area contributed by atoms with E-state index in [1.165, 1.54) is 6.33 Å². The van der Waals surface area contributed by atoms with Gasteiger partial charge in [-0.3, -0.25) is 14.4 Å². The number of aliphatic hydroxyl groups is 1. The normalized spacial score (nSPS) is 13.4. The number of benzene rings is 4. The van der Waals surface area contributed by atoms with Gasteiger partial charge in [0.05, 0.1) is 18.1 Å². The van der Waals surface area contributed by atoms with Gasteiger partial charge in [-0.2, -0.15) is 0 Å². The minimum atomic E-state index is -1.56. The number of carbonyl (C=O) groups excluding carboxylic acids is 4. The fourth-order valence-electron chi connectivity index (χ4n) is 6.03. The number of aromatic amines is 1. The topological polar surface area (TPSA) is 175 Å². The van der Waals surface area contributed by atoms with Crippen molar-refractivity contribution >= 4 is 34.6 Å². The third-order valence-electron chi connectivity index (χ3n) is 8.74. The van der Waals surface area contributed by atoms with Gasteiger partial charge < -0.3 is 36.1 Å². The molecule has 276 valence electrons. The van der Waals surface area contributed by atoms with Crippen LogP contribution in [-0.4, -0.2) is 63.1 Å². The van der Waals surface area contributed by atoms with Crippen molar-refractivity contribution in [3.05, 3.63) is 138 Å². The van der Waals surface area contributed by atoms with E-state index < -0.39 is 48.0 Å². The number of H-pyrrole nitrogens is 1. The van der Waals surface area contributed by atoms with Crippen molar-refractivity contribution in [1.29, 1.82) is 0 Å².